The molecule has 1 amide bonds. The molecule has 0 radical (unpaired) electrons. The molecular formula is C16H16ClN3O. The quantitative estimate of drug-likeness (QED) is 0.901. The largest absolute Gasteiger partial charge is 0.381 e. The second-order valence-electron chi connectivity index (χ2n) is 5.29. The predicted molar refractivity (Wildman–Crippen MR) is 85.0 cm³/mol. The second-order valence-corrected chi connectivity index (χ2v) is 5.73. The number of carbonyl (C=O) groups excluding carboxylic acids is 1. The lowest BCUT2D eigenvalue weighted by Gasteiger charge is -2.10. The molecule has 1 aliphatic carbocycles. The molecule has 0 unspecified atom stereocenters. The first-order chi connectivity index (χ1) is 10.1. The van der Waals surface area contributed by atoms with Crippen LogP contribution in [-0.4, -0.2) is 16.9 Å². The first-order valence-electron chi connectivity index (χ1n) is 6.91. The molecule has 3 rings (SSSR count). The van der Waals surface area contributed by atoms with Gasteiger partial charge >= 0.3 is 0 Å². The molecule has 0 bridgehead atoms. The average Bonchev–Trinajstić information content (AvgIpc) is 3.27. The number of aryl methyl sites for hydroxylation is 1. The Morgan fingerprint density at radius 2 is 2.10 bits per heavy atom. The Balaban J connectivity index is 1.76. The maximum atomic E-state index is 12.3. The van der Waals surface area contributed by atoms with Crippen molar-refractivity contribution in [2.75, 3.05) is 10.6 Å². The van der Waals surface area contributed by atoms with Crippen LogP contribution in [-0.2, 0) is 0 Å². The number of nitrogens with one attached hydrogen (secondary N) is 2. The fraction of sp³-hybridized carbons (Fsp3) is 0.250. The fourth-order valence-corrected chi connectivity index (χ4v) is 2.20. The van der Waals surface area contributed by atoms with Gasteiger partial charge in [-0.05, 0) is 43.5 Å². The Bertz CT molecular complexity index is 683. The van der Waals surface area contributed by atoms with E-state index >= 15 is 0 Å². The SMILES string of the molecule is Cc1ccc(Cl)cc1NC(=O)c1cncc(NC2CC2)c1. The summed E-state index contributed by atoms with van der Waals surface area (Å²) in [6.45, 7) is 1.93. The summed E-state index contributed by atoms with van der Waals surface area (Å²) in [6.07, 6.45) is 5.66. The lowest BCUT2D eigenvalue weighted by molar-refractivity contribution is 0.102. The van der Waals surface area contributed by atoms with Gasteiger partial charge < -0.3 is 10.6 Å². The van der Waals surface area contributed by atoms with Crippen molar-refractivity contribution in [2.45, 2.75) is 25.8 Å². The van der Waals surface area contributed by atoms with Gasteiger partial charge in [-0.2, -0.15) is 0 Å². The van der Waals surface area contributed by atoms with Gasteiger partial charge in [-0.3, -0.25) is 9.78 Å². The van der Waals surface area contributed by atoms with Gasteiger partial charge in [0.2, 0.25) is 0 Å². The minimum atomic E-state index is -0.188. The number of hydrogen-bond acceptors (Lipinski definition) is 3. The standard InChI is InChI=1S/C16H16ClN3O/c1-10-2-3-12(17)7-15(10)20-16(21)11-6-14(9-18-8-11)19-13-4-5-13/h2-3,6-9,13,19H,4-5H2,1H3,(H,20,21). The molecule has 2 N–H and O–H groups in total. The minimum absolute atomic E-state index is 0.188. The molecule has 2 aromatic rings. The van der Waals surface area contributed by atoms with Crippen LogP contribution in [0.3, 0.4) is 0 Å². The summed E-state index contributed by atoms with van der Waals surface area (Å²) in [5.41, 5.74) is 3.09. The summed E-state index contributed by atoms with van der Waals surface area (Å²) < 4.78 is 0. The number of rotatable bonds is 4. The van der Waals surface area contributed by atoms with E-state index in [1.165, 1.54) is 12.8 Å². The highest BCUT2D eigenvalue weighted by Gasteiger charge is 2.21. The highest BCUT2D eigenvalue weighted by atomic mass is 35.5. The van der Waals surface area contributed by atoms with Crippen molar-refractivity contribution in [1.82, 2.24) is 4.98 Å². The molecule has 1 aromatic carbocycles. The Morgan fingerprint density at radius 3 is 2.86 bits per heavy atom. The number of nitrogens with zero attached hydrogens (tertiary/aromatic N) is 1. The van der Waals surface area contributed by atoms with Gasteiger partial charge in [-0.1, -0.05) is 17.7 Å². The van der Waals surface area contributed by atoms with Gasteiger partial charge in [-0.25, -0.2) is 0 Å². The number of benzene rings is 1. The summed E-state index contributed by atoms with van der Waals surface area (Å²) in [5.74, 6) is -0.188. The summed E-state index contributed by atoms with van der Waals surface area (Å²) in [7, 11) is 0. The van der Waals surface area contributed by atoms with E-state index in [0.717, 1.165) is 11.3 Å². The van der Waals surface area contributed by atoms with Crippen molar-refractivity contribution >= 4 is 28.9 Å². The van der Waals surface area contributed by atoms with Crippen LogP contribution in [0.1, 0.15) is 28.8 Å². The van der Waals surface area contributed by atoms with Gasteiger partial charge in [-0.15, -0.1) is 0 Å². The van der Waals surface area contributed by atoms with Gasteiger partial charge in [0.25, 0.3) is 5.91 Å². The fourth-order valence-electron chi connectivity index (χ4n) is 2.03. The van der Waals surface area contributed by atoms with Crippen LogP contribution in [0.5, 0.6) is 0 Å². The number of aromatic nitrogens is 1. The number of halogens is 1. The van der Waals surface area contributed by atoms with Crippen molar-refractivity contribution in [3.05, 3.63) is 52.8 Å². The lowest BCUT2D eigenvalue weighted by atomic mass is 10.2. The molecule has 1 fully saturated rings. The van der Waals surface area contributed by atoms with Gasteiger partial charge in [0, 0.05) is 29.1 Å². The van der Waals surface area contributed by atoms with Crippen LogP contribution in [0.2, 0.25) is 5.02 Å². The third-order valence-electron chi connectivity index (χ3n) is 3.40. The molecule has 0 spiro atoms. The molecule has 0 atom stereocenters. The van der Waals surface area contributed by atoms with Crippen molar-refractivity contribution < 1.29 is 4.79 Å². The summed E-state index contributed by atoms with van der Waals surface area (Å²) in [5, 5.41) is 6.80. The normalized spacial score (nSPS) is 13.8. The highest BCUT2D eigenvalue weighted by Crippen LogP contribution is 2.25. The summed E-state index contributed by atoms with van der Waals surface area (Å²) >= 11 is 5.96. The third-order valence-corrected chi connectivity index (χ3v) is 3.63. The molecular weight excluding hydrogens is 286 g/mol. The van der Waals surface area contributed by atoms with Crippen LogP contribution in [0.15, 0.2) is 36.7 Å². The summed E-state index contributed by atoms with van der Waals surface area (Å²) in [4.78, 5) is 16.4. The Morgan fingerprint density at radius 1 is 1.29 bits per heavy atom. The van der Waals surface area contributed by atoms with E-state index in [9.17, 15) is 4.79 Å². The molecule has 1 aromatic heterocycles. The van der Waals surface area contributed by atoms with E-state index < -0.39 is 0 Å². The maximum absolute atomic E-state index is 12.3. The Kier molecular flexibility index (Phi) is 3.80. The first kappa shape index (κ1) is 13.9. The zero-order chi connectivity index (χ0) is 14.8. The van der Waals surface area contributed by atoms with E-state index in [1.54, 1.807) is 24.5 Å². The topological polar surface area (TPSA) is 54.0 Å². The zero-order valence-electron chi connectivity index (χ0n) is 11.7. The van der Waals surface area contributed by atoms with Crippen molar-refractivity contribution in [3.63, 3.8) is 0 Å². The van der Waals surface area contributed by atoms with Crippen LogP contribution in [0.25, 0.3) is 0 Å². The second kappa shape index (κ2) is 5.74. The molecule has 1 aliphatic rings. The van der Waals surface area contributed by atoms with Crippen LogP contribution in [0.4, 0.5) is 11.4 Å². The highest BCUT2D eigenvalue weighted by molar-refractivity contribution is 6.31. The number of amides is 1. The number of carbonyl (C=O) groups is 1. The van der Waals surface area contributed by atoms with E-state index in [-0.39, 0.29) is 5.91 Å². The van der Waals surface area contributed by atoms with E-state index in [4.69, 9.17) is 11.6 Å². The maximum Gasteiger partial charge on any atom is 0.257 e. The minimum Gasteiger partial charge on any atom is -0.381 e. The molecule has 0 aliphatic heterocycles. The molecule has 1 heterocycles. The molecule has 0 saturated heterocycles. The van der Waals surface area contributed by atoms with E-state index in [0.29, 0.717) is 22.3 Å². The Labute approximate surface area is 128 Å². The van der Waals surface area contributed by atoms with Crippen LogP contribution >= 0.6 is 11.6 Å². The summed E-state index contributed by atoms with van der Waals surface area (Å²) in [6, 6.07) is 7.77. The van der Waals surface area contributed by atoms with Crippen molar-refractivity contribution in [2.24, 2.45) is 0 Å². The zero-order valence-corrected chi connectivity index (χ0v) is 12.4. The smallest absolute Gasteiger partial charge is 0.257 e. The van der Waals surface area contributed by atoms with Gasteiger partial charge in [0.05, 0.1) is 11.3 Å². The average molecular weight is 302 g/mol. The number of pyridine rings is 1. The van der Waals surface area contributed by atoms with E-state index in [1.807, 2.05) is 19.1 Å². The first-order valence-corrected chi connectivity index (χ1v) is 7.29. The lowest BCUT2D eigenvalue weighted by Crippen LogP contribution is -2.14. The Hall–Kier alpha value is -2.07. The van der Waals surface area contributed by atoms with Crippen LogP contribution < -0.4 is 10.6 Å². The molecule has 4 nitrogen and oxygen atoms in total. The van der Waals surface area contributed by atoms with Gasteiger partial charge in [0.15, 0.2) is 0 Å². The van der Waals surface area contributed by atoms with Crippen molar-refractivity contribution in [3.8, 4) is 0 Å². The predicted octanol–water partition coefficient (Wildman–Crippen LogP) is 3.87. The number of hydrogen-bond donors (Lipinski definition) is 2. The molecule has 21 heavy (non-hydrogen) atoms. The van der Waals surface area contributed by atoms with Crippen molar-refractivity contribution in [1.29, 1.82) is 0 Å². The van der Waals surface area contributed by atoms with Gasteiger partial charge in [0.1, 0.15) is 0 Å². The monoisotopic (exact) mass is 301 g/mol. The molecule has 5 heteroatoms. The van der Waals surface area contributed by atoms with Crippen LogP contribution in [0, 0.1) is 6.92 Å². The third kappa shape index (κ3) is 3.52. The molecule has 1 saturated carbocycles. The van der Waals surface area contributed by atoms with E-state index in [2.05, 4.69) is 15.6 Å². The number of anilines is 2. The molecule has 108 valence electrons.